The first-order chi connectivity index (χ1) is 10.3. The Hall–Kier alpha value is -0.860. The lowest BCUT2D eigenvalue weighted by Crippen LogP contribution is -2.19. The standard InChI is InChI=1S/C19H31NO/c1-3-4-5-9-13-20-14-10-15-21-18-16-19(18,2)17-11-7-6-8-12-17/h6-8,11-12,18,20H,3-5,9-10,13-16H2,1-2H3/t18?,19-/m1/s1. The van der Waals surface area contributed by atoms with Crippen LogP contribution in [0, 0.1) is 0 Å². The molecule has 1 saturated carbocycles. The fourth-order valence-electron chi connectivity index (χ4n) is 2.92. The first-order valence-corrected chi connectivity index (χ1v) is 8.65. The average Bonchev–Trinajstić information content (AvgIpc) is 3.18. The van der Waals surface area contributed by atoms with Crippen molar-refractivity contribution < 1.29 is 4.74 Å². The Kier molecular flexibility index (Phi) is 6.72. The molecule has 2 rings (SSSR count). The molecule has 0 radical (unpaired) electrons. The van der Waals surface area contributed by atoms with E-state index >= 15 is 0 Å². The Morgan fingerprint density at radius 2 is 1.86 bits per heavy atom. The van der Waals surface area contributed by atoms with Gasteiger partial charge in [0.1, 0.15) is 0 Å². The minimum Gasteiger partial charge on any atom is -0.377 e. The molecule has 1 fully saturated rings. The third-order valence-corrected chi connectivity index (χ3v) is 4.62. The Labute approximate surface area is 130 Å². The first kappa shape index (κ1) is 16.5. The highest BCUT2D eigenvalue weighted by molar-refractivity contribution is 5.33. The van der Waals surface area contributed by atoms with E-state index in [1.54, 1.807) is 0 Å². The number of ether oxygens (including phenoxy) is 1. The van der Waals surface area contributed by atoms with Gasteiger partial charge in [-0.1, -0.05) is 63.4 Å². The molecule has 2 atom stereocenters. The van der Waals surface area contributed by atoms with Crippen molar-refractivity contribution in [3.63, 3.8) is 0 Å². The topological polar surface area (TPSA) is 21.3 Å². The van der Waals surface area contributed by atoms with E-state index in [1.807, 2.05) is 0 Å². The highest BCUT2D eigenvalue weighted by atomic mass is 16.5. The molecule has 2 heteroatoms. The zero-order valence-electron chi connectivity index (χ0n) is 13.7. The predicted molar refractivity (Wildman–Crippen MR) is 89.8 cm³/mol. The monoisotopic (exact) mass is 289 g/mol. The van der Waals surface area contributed by atoms with Crippen LogP contribution in [0.1, 0.15) is 57.9 Å². The SMILES string of the molecule is CCCCCCNCCCOC1C[C@]1(C)c1ccccc1. The Morgan fingerprint density at radius 1 is 1.10 bits per heavy atom. The van der Waals surface area contributed by atoms with E-state index in [4.69, 9.17) is 4.74 Å². The van der Waals surface area contributed by atoms with E-state index in [1.165, 1.54) is 37.7 Å². The number of benzene rings is 1. The summed E-state index contributed by atoms with van der Waals surface area (Å²) in [6, 6.07) is 10.8. The van der Waals surface area contributed by atoms with Crippen molar-refractivity contribution in [2.45, 2.75) is 63.9 Å². The van der Waals surface area contributed by atoms with Crippen LogP contribution in [0.25, 0.3) is 0 Å². The molecule has 0 spiro atoms. The summed E-state index contributed by atoms with van der Waals surface area (Å²) >= 11 is 0. The molecule has 1 unspecified atom stereocenters. The van der Waals surface area contributed by atoms with Crippen LogP contribution in [0.2, 0.25) is 0 Å². The summed E-state index contributed by atoms with van der Waals surface area (Å²) in [6.45, 7) is 7.70. The van der Waals surface area contributed by atoms with Gasteiger partial charge in [-0.05, 0) is 37.9 Å². The van der Waals surface area contributed by atoms with Gasteiger partial charge < -0.3 is 10.1 Å². The normalized spacial score (nSPS) is 24.2. The maximum Gasteiger partial charge on any atom is 0.0679 e. The summed E-state index contributed by atoms with van der Waals surface area (Å²) in [5.41, 5.74) is 1.68. The van der Waals surface area contributed by atoms with Crippen molar-refractivity contribution in [2.75, 3.05) is 19.7 Å². The van der Waals surface area contributed by atoms with Gasteiger partial charge in [0.25, 0.3) is 0 Å². The third kappa shape index (κ3) is 5.12. The zero-order valence-corrected chi connectivity index (χ0v) is 13.7. The third-order valence-electron chi connectivity index (χ3n) is 4.62. The van der Waals surface area contributed by atoms with Crippen LogP contribution < -0.4 is 5.32 Å². The molecule has 21 heavy (non-hydrogen) atoms. The Balaban J connectivity index is 1.49. The van der Waals surface area contributed by atoms with E-state index in [9.17, 15) is 0 Å². The molecule has 1 N–H and O–H groups in total. The summed E-state index contributed by atoms with van der Waals surface area (Å²) in [7, 11) is 0. The summed E-state index contributed by atoms with van der Waals surface area (Å²) in [5.74, 6) is 0. The van der Waals surface area contributed by atoms with Crippen LogP contribution in [0.4, 0.5) is 0 Å². The van der Waals surface area contributed by atoms with Crippen molar-refractivity contribution in [3.8, 4) is 0 Å². The van der Waals surface area contributed by atoms with Gasteiger partial charge in [-0.15, -0.1) is 0 Å². The second-order valence-electron chi connectivity index (χ2n) is 6.51. The zero-order chi connectivity index (χ0) is 15.0. The van der Waals surface area contributed by atoms with Gasteiger partial charge in [-0.2, -0.15) is 0 Å². The van der Waals surface area contributed by atoms with Gasteiger partial charge in [0.2, 0.25) is 0 Å². The molecule has 1 aromatic rings. The molecule has 1 aliphatic rings. The van der Waals surface area contributed by atoms with Crippen LogP contribution >= 0.6 is 0 Å². The van der Waals surface area contributed by atoms with E-state index in [-0.39, 0.29) is 5.41 Å². The fourth-order valence-corrected chi connectivity index (χ4v) is 2.92. The van der Waals surface area contributed by atoms with Crippen LogP contribution in [-0.4, -0.2) is 25.8 Å². The van der Waals surface area contributed by atoms with Crippen molar-refractivity contribution in [2.24, 2.45) is 0 Å². The lowest BCUT2D eigenvalue weighted by atomic mass is 9.98. The Morgan fingerprint density at radius 3 is 2.62 bits per heavy atom. The highest BCUT2D eigenvalue weighted by Gasteiger charge is 2.52. The van der Waals surface area contributed by atoms with Gasteiger partial charge >= 0.3 is 0 Å². The molecule has 1 aliphatic carbocycles. The minimum absolute atomic E-state index is 0.259. The number of unbranched alkanes of at least 4 members (excludes halogenated alkanes) is 3. The number of nitrogens with one attached hydrogen (secondary N) is 1. The molecular weight excluding hydrogens is 258 g/mol. The molecule has 0 aromatic heterocycles. The quantitative estimate of drug-likeness (QED) is 0.613. The molecule has 1 aromatic carbocycles. The van der Waals surface area contributed by atoms with E-state index in [2.05, 4.69) is 49.5 Å². The smallest absolute Gasteiger partial charge is 0.0679 e. The molecular formula is C19H31NO. The van der Waals surface area contributed by atoms with Gasteiger partial charge in [0.15, 0.2) is 0 Å². The lowest BCUT2D eigenvalue weighted by molar-refractivity contribution is 0.103. The number of hydrogen-bond donors (Lipinski definition) is 1. The van der Waals surface area contributed by atoms with Crippen LogP contribution in [-0.2, 0) is 10.2 Å². The van der Waals surface area contributed by atoms with Crippen molar-refractivity contribution in [1.82, 2.24) is 5.32 Å². The molecule has 0 aliphatic heterocycles. The second-order valence-corrected chi connectivity index (χ2v) is 6.51. The maximum atomic E-state index is 6.03. The summed E-state index contributed by atoms with van der Waals surface area (Å²) in [6.07, 6.45) is 8.06. The van der Waals surface area contributed by atoms with Crippen molar-refractivity contribution >= 4 is 0 Å². The largest absolute Gasteiger partial charge is 0.377 e. The second kappa shape index (κ2) is 8.55. The molecule has 0 amide bonds. The van der Waals surface area contributed by atoms with Gasteiger partial charge in [0.05, 0.1) is 6.10 Å². The molecule has 2 nitrogen and oxygen atoms in total. The fraction of sp³-hybridized carbons (Fsp3) is 0.684. The first-order valence-electron chi connectivity index (χ1n) is 8.65. The predicted octanol–water partition coefficient (Wildman–Crippen LogP) is 4.29. The number of rotatable bonds is 11. The van der Waals surface area contributed by atoms with Crippen LogP contribution in [0.15, 0.2) is 30.3 Å². The summed E-state index contributed by atoms with van der Waals surface area (Å²) in [5, 5.41) is 3.51. The highest BCUT2D eigenvalue weighted by Crippen LogP contribution is 2.49. The number of hydrogen-bond acceptors (Lipinski definition) is 2. The van der Waals surface area contributed by atoms with Gasteiger partial charge in [-0.25, -0.2) is 0 Å². The maximum absolute atomic E-state index is 6.03. The van der Waals surface area contributed by atoms with E-state index in [0.717, 1.165) is 26.1 Å². The van der Waals surface area contributed by atoms with Crippen LogP contribution in [0.3, 0.4) is 0 Å². The summed E-state index contributed by atoms with van der Waals surface area (Å²) in [4.78, 5) is 0. The lowest BCUT2D eigenvalue weighted by Gasteiger charge is -2.12. The van der Waals surface area contributed by atoms with Crippen LogP contribution in [0.5, 0.6) is 0 Å². The van der Waals surface area contributed by atoms with Gasteiger partial charge in [0, 0.05) is 12.0 Å². The molecule has 118 valence electrons. The van der Waals surface area contributed by atoms with E-state index < -0.39 is 0 Å². The van der Waals surface area contributed by atoms with Crippen molar-refractivity contribution in [3.05, 3.63) is 35.9 Å². The summed E-state index contributed by atoms with van der Waals surface area (Å²) < 4.78 is 6.03. The van der Waals surface area contributed by atoms with Crippen molar-refractivity contribution in [1.29, 1.82) is 0 Å². The molecule has 0 saturated heterocycles. The van der Waals surface area contributed by atoms with E-state index in [0.29, 0.717) is 6.10 Å². The van der Waals surface area contributed by atoms with Gasteiger partial charge in [-0.3, -0.25) is 0 Å². The average molecular weight is 289 g/mol. The molecule has 0 bridgehead atoms. The molecule has 0 heterocycles. The minimum atomic E-state index is 0.259. The Bertz CT molecular complexity index is 392.